The van der Waals surface area contributed by atoms with Crippen molar-refractivity contribution >= 4 is 5.97 Å². The molecule has 0 bridgehead atoms. The number of hydrogen-bond acceptors (Lipinski definition) is 8. The molecule has 0 aliphatic carbocycles. The molecule has 28 heavy (non-hydrogen) atoms. The summed E-state index contributed by atoms with van der Waals surface area (Å²) in [5.41, 5.74) is 1.07. The van der Waals surface area contributed by atoms with Gasteiger partial charge in [0.05, 0.1) is 6.20 Å². The SMILES string of the molecule is Cc1ccccc1Oc1nc(OCCN(C)C)ncc1C(=O)OCCN(C)C. The summed E-state index contributed by atoms with van der Waals surface area (Å²) in [6.45, 7) is 3.93. The van der Waals surface area contributed by atoms with Crippen molar-refractivity contribution in [3.8, 4) is 17.6 Å². The number of ether oxygens (including phenoxy) is 3. The molecule has 8 nitrogen and oxygen atoms in total. The van der Waals surface area contributed by atoms with Crippen LogP contribution in [0, 0.1) is 6.92 Å². The first-order valence-corrected chi connectivity index (χ1v) is 9.06. The lowest BCUT2D eigenvalue weighted by atomic mass is 10.2. The fourth-order valence-electron chi connectivity index (χ4n) is 2.13. The third-order valence-corrected chi connectivity index (χ3v) is 3.79. The Hall–Kier alpha value is -2.71. The lowest BCUT2D eigenvalue weighted by molar-refractivity contribution is 0.0477. The van der Waals surface area contributed by atoms with E-state index in [4.69, 9.17) is 14.2 Å². The number of nitrogens with zero attached hydrogens (tertiary/aromatic N) is 4. The van der Waals surface area contributed by atoms with Crippen LogP contribution in [-0.4, -0.2) is 80.2 Å². The van der Waals surface area contributed by atoms with Gasteiger partial charge >= 0.3 is 12.0 Å². The molecule has 0 radical (unpaired) electrons. The van der Waals surface area contributed by atoms with Crippen molar-refractivity contribution in [1.82, 2.24) is 19.8 Å². The highest BCUT2D eigenvalue weighted by atomic mass is 16.5. The zero-order chi connectivity index (χ0) is 20.5. The van der Waals surface area contributed by atoms with Crippen molar-refractivity contribution in [1.29, 1.82) is 0 Å². The Balaban J connectivity index is 2.21. The van der Waals surface area contributed by atoms with Gasteiger partial charge in [-0.2, -0.15) is 4.98 Å². The van der Waals surface area contributed by atoms with Crippen LogP contribution >= 0.6 is 0 Å². The molecule has 0 amide bonds. The van der Waals surface area contributed by atoms with Crippen LogP contribution in [-0.2, 0) is 4.74 Å². The Bertz CT molecular complexity index is 781. The number of benzene rings is 1. The minimum absolute atomic E-state index is 0.110. The van der Waals surface area contributed by atoms with E-state index in [9.17, 15) is 4.79 Å². The van der Waals surface area contributed by atoms with E-state index in [-0.39, 0.29) is 24.1 Å². The van der Waals surface area contributed by atoms with Gasteiger partial charge in [0.2, 0.25) is 5.88 Å². The van der Waals surface area contributed by atoms with Crippen molar-refractivity contribution in [2.24, 2.45) is 0 Å². The average Bonchev–Trinajstić information content (AvgIpc) is 2.63. The molecule has 0 N–H and O–H groups in total. The summed E-state index contributed by atoms with van der Waals surface area (Å²) in [6, 6.07) is 7.64. The standard InChI is InChI=1S/C20H28N4O4/c1-15-8-6-7-9-17(15)28-18-16(19(25)26-12-10-23(2)3)14-21-20(22-18)27-13-11-24(4)5/h6-9,14H,10-13H2,1-5H3. The van der Waals surface area contributed by atoms with Crippen LogP contribution in [0.3, 0.4) is 0 Å². The van der Waals surface area contributed by atoms with Gasteiger partial charge < -0.3 is 24.0 Å². The third kappa shape index (κ3) is 6.79. The van der Waals surface area contributed by atoms with Crippen LogP contribution in [0.25, 0.3) is 0 Å². The molecule has 0 saturated carbocycles. The molecule has 2 rings (SSSR count). The predicted octanol–water partition coefficient (Wildman–Crippen LogP) is 2.24. The summed E-state index contributed by atoms with van der Waals surface area (Å²) in [6.07, 6.45) is 1.38. The van der Waals surface area contributed by atoms with E-state index < -0.39 is 5.97 Å². The first-order valence-electron chi connectivity index (χ1n) is 9.06. The summed E-state index contributed by atoms with van der Waals surface area (Å²) < 4.78 is 16.8. The average molecular weight is 388 g/mol. The second kappa shape index (κ2) is 10.6. The number of esters is 1. The number of carbonyl (C=O) groups is 1. The van der Waals surface area contributed by atoms with Crippen LogP contribution in [0.5, 0.6) is 17.6 Å². The van der Waals surface area contributed by atoms with E-state index in [1.807, 2.05) is 69.2 Å². The maximum atomic E-state index is 12.5. The molecular weight excluding hydrogens is 360 g/mol. The van der Waals surface area contributed by atoms with Crippen LogP contribution in [0.2, 0.25) is 0 Å². The molecule has 0 aliphatic heterocycles. The molecule has 152 valence electrons. The van der Waals surface area contributed by atoms with Crippen LogP contribution < -0.4 is 9.47 Å². The maximum absolute atomic E-state index is 12.5. The number of carbonyl (C=O) groups excluding carboxylic acids is 1. The molecule has 0 saturated heterocycles. The quantitative estimate of drug-likeness (QED) is 0.574. The van der Waals surface area contributed by atoms with Gasteiger partial charge in [0, 0.05) is 13.1 Å². The highest BCUT2D eigenvalue weighted by Crippen LogP contribution is 2.27. The normalized spacial score (nSPS) is 11.0. The van der Waals surface area contributed by atoms with E-state index >= 15 is 0 Å². The van der Waals surface area contributed by atoms with Crippen LogP contribution in [0.1, 0.15) is 15.9 Å². The zero-order valence-corrected chi connectivity index (χ0v) is 17.1. The summed E-state index contributed by atoms with van der Waals surface area (Å²) >= 11 is 0. The summed E-state index contributed by atoms with van der Waals surface area (Å²) in [7, 11) is 7.71. The summed E-state index contributed by atoms with van der Waals surface area (Å²) in [5, 5.41) is 0. The van der Waals surface area contributed by atoms with Crippen molar-refractivity contribution < 1.29 is 19.0 Å². The van der Waals surface area contributed by atoms with Crippen molar-refractivity contribution in [2.75, 3.05) is 54.5 Å². The molecular formula is C20H28N4O4. The number of rotatable bonds is 10. The highest BCUT2D eigenvalue weighted by molar-refractivity contribution is 5.91. The monoisotopic (exact) mass is 388 g/mol. The maximum Gasteiger partial charge on any atom is 0.345 e. The smallest absolute Gasteiger partial charge is 0.345 e. The zero-order valence-electron chi connectivity index (χ0n) is 17.1. The Morgan fingerprint density at radius 3 is 2.39 bits per heavy atom. The molecule has 0 unspecified atom stereocenters. The Kier molecular flexibility index (Phi) is 8.16. The fourth-order valence-corrected chi connectivity index (χ4v) is 2.13. The summed E-state index contributed by atoms with van der Waals surface area (Å²) in [4.78, 5) is 24.8. The topological polar surface area (TPSA) is 77.0 Å². The molecule has 1 heterocycles. The number of para-hydroxylation sites is 1. The van der Waals surface area contributed by atoms with E-state index in [0.29, 0.717) is 25.4 Å². The van der Waals surface area contributed by atoms with Crippen molar-refractivity contribution in [3.63, 3.8) is 0 Å². The molecule has 1 aromatic heterocycles. The van der Waals surface area contributed by atoms with Gasteiger partial charge in [0.1, 0.15) is 24.5 Å². The van der Waals surface area contributed by atoms with E-state index in [1.54, 1.807) is 0 Å². The lowest BCUT2D eigenvalue weighted by Gasteiger charge is -2.14. The van der Waals surface area contributed by atoms with Gasteiger partial charge in [-0.05, 0) is 46.7 Å². The number of aromatic nitrogens is 2. The third-order valence-electron chi connectivity index (χ3n) is 3.79. The van der Waals surface area contributed by atoms with E-state index in [2.05, 4.69) is 9.97 Å². The van der Waals surface area contributed by atoms with Gasteiger partial charge in [0.15, 0.2) is 0 Å². The van der Waals surface area contributed by atoms with Gasteiger partial charge in [-0.1, -0.05) is 18.2 Å². The van der Waals surface area contributed by atoms with E-state index in [0.717, 1.165) is 5.56 Å². The second-order valence-electron chi connectivity index (χ2n) is 6.83. The molecule has 0 fully saturated rings. The second-order valence-corrected chi connectivity index (χ2v) is 6.83. The molecule has 8 heteroatoms. The van der Waals surface area contributed by atoms with Gasteiger partial charge in [-0.3, -0.25) is 0 Å². The van der Waals surface area contributed by atoms with Gasteiger partial charge in [-0.25, -0.2) is 9.78 Å². The van der Waals surface area contributed by atoms with Gasteiger partial charge in [-0.15, -0.1) is 0 Å². The highest BCUT2D eigenvalue weighted by Gasteiger charge is 2.19. The number of hydrogen-bond donors (Lipinski definition) is 0. The minimum Gasteiger partial charge on any atom is -0.462 e. The van der Waals surface area contributed by atoms with Crippen LogP contribution in [0.4, 0.5) is 0 Å². The molecule has 2 aromatic rings. The number of likely N-dealkylation sites (N-methyl/N-ethyl adjacent to an activating group) is 2. The fraction of sp³-hybridized carbons (Fsp3) is 0.450. The minimum atomic E-state index is -0.537. The molecule has 0 aliphatic rings. The first-order chi connectivity index (χ1) is 13.4. The van der Waals surface area contributed by atoms with Crippen LogP contribution in [0.15, 0.2) is 30.5 Å². The Morgan fingerprint density at radius 1 is 1.04 bits per heavy atom. The lowest BCUT2D eigenvalue weighted by Crippen LogP contribution is -2.21. The van der Waals surface area contributed by atoms with Gasteiger partial charge in [0.25, 0.3) is 0 Å². The van der Waals surface area contributed by atoms with E-state index in [1.165, 1.54) is 6.20 Å². The number of aryl methyl sites for hydroxylation is 1. The summed E-state index contributed by atoms with van der Waals surface area (Å²) in [5.74, 6) is 0.173. The molecule has 0 atom stereocenters. The largest absolute Gasteiger partial charge is 0.462 e. The Morgan fingerprint density at radius 2 is 1.71 bits per heavy atom. The van der Waals surface area contributed by atoms with Crippen molar-refractivity contribution in [2.45, 2.75) is 6.92 Å². The molecule has 1 aromatic carbocycles. The predicted molar refractivity (Wildman–Crippen MR) is 106 cm³/mol. The molecule has 0 spiro atoms. The first kappa shape index (κ1) is 21.6. The van der Waals surface area contributed by atoms with Crippen molar-refractivity contribution in [3.05, 3.63) is 41.6 Å². The Labute approximate surface area is 166 Å².